The van der Waals surface area contributed by atoms with E-state index in [-0.39, 0.29) is 52.7 Å². The lowest BCUT2D eigenvalue weighted by molar-refractivity contribution is -0.148. The maximum Gasteiger partial charge on any atom is 0.303 e. The molecule has 0 aliphatic heterocycles. The van der Waals surface area contributed by atoms with Gasteiger partial charge in [0.2, 0.25) is 0 Å². The van der Waals surface area contributed by atoms with Gasteiger partial charge in [0.15, 0.2) is 11.6 Å². The zero-order chi connectivity index (χ0) is 21.1. The first kappa shape index (κ1) is 20.5. The molecular formula is C24H31FO4. The lowest BCUT2D eigenvalue weighted by Crippen LogP contribution is -2.48. The fourth-order valence-corrected chi connectivity index (χ4v) is 7.18. The van der Waals surface area contributed by atoms with E-state index < -0.39 is 12.1 Å². The molecule has 158 valence electrons. The first-order valence-corrected chi connectivity index (χ1v) is 10.8. The Morgan fingerprint density at radius 1 is 1.24 bits per heavy atom. The van der Waals surface area contributed by atoms with Crippen LogP contribution in [0.5, 0.6) is 0 Å². The second-order valence-electron chi connectivity index (χ2n) is 10.1. The van der Waals surface area contributed by atoms with E-state index in [1.54, 1.807) is 6.08 Å². The summed E-state index contributed by atoms with van der Waals surface area (Å²) in [6.45, 7) is 7.50. The third-order valence-electron chi connectivity index (χ3n) is 8.42. The Bertz CT molecular complexity index is 827. The molecule has 5 heteroatoms. The number of esters is 1. The molecule has 0 unspecified atom stereocenters. The van der Waals surface area contributed by atoms with Gasteiger partial charge >= 0.3 is 5.97 Å². The number of halogens is 1. The van der Waals surface area contributed by atoms with Crippen molar-refractivity contribution in [1.82, 2.24) is 0 Å². The van der Waals surface area contributed by atoms with Crippen LogP contribution in [0.1, 0.15) is 59.8 Å². The number of hydrogen-bond donors (Lipinski definition) is 0. The average molecular weight is 403 g/mol. The molecule has 29 heavy (non-hydrogen) atoms. The van der Waals surface area contributed by atoms with E-state index in [0.29, 0.717) is 24.8 Å². The van der Waals surface area contributed by atoms with Crippen LogP contribution in [-0.4, -0.2) is 30.3 Å². The van der Waals surface area contributed by atoms with E-state index in [0.717, 1.165) is 12.8 Å². The van der Waals surface area contributed by atoms with Crippen LogP contribution in [0.3, 0.4) is 0 Å². The van der Waals surface area contributed by atoms with E-state index in [9.17, 15) is 14.4 Å². The number of carbonyl (C=O) groups is 3. The Morgan fingerprint density at radius 3 is 2.66 bits per heavy atom. The first-order valence-electron chi connectivity index (χ1n) is 10.8. The molecule has 0 aromatic carbocycles. The number of ketones is 2. The lowest BCUT2D eigenvalue weighted by Gasteiger charge is -2.54. The van der Waals surface area contributed by atoms with Gasteiger partial charge in [-0.1, -0.05) is 32.4 Å². The summed E-state index contributed by atoms with van der Waals surface area (Å²) in [7, 11) is 0. The molecule has 0 amide bonds. The Kier molecular flexibility index (Phi) is 4.86. The van der Waals surface area contributed by atoms with Crippen LogP contribution < -0.4 is 0 Å². The minimum Gasteiger partial charge on any atom is -0.458 e. The number of fused-ring (bicyclic) bond motifs is 5. The third kappa shape index (κ3) is 3.03. The molecule has 4 nitrogen and oxygen atoms in total. The SMILES string of the molecule is CC(=O)OCC(=O)[C@H]1[C@H](C)C[C@H]2[C@@H]3C[C@H](F)C4=CC(=O)CC[C@]4(C)C3=CC[C@@]21C. The molecule has 0 bridgehead atoms. The van der Waals surface area contributed by atoms with Crippen molar-refractivity contribution in [2.45, 2.75) is 66.0 Å². The van der Waals surface area contributed by atoms with Gasteiger partial charge in [-0.25, -0.2) is 4.39 Å². The van der Waals surface area contributed by atoms with Crippen molar-refractivity contribution in [2.24, 2.45) is 34.5 Å². The van der Waals surface area contributed by atoms with Crippen molar-refractivity contribution in [3.05, 3.63) is 23.3 Å². The van der Waals surface area contributed by atoms with Gasteiger partial charge in [0.05, 0.1) is 0 Å². The molecule has 4 aliphatic rings. The van der Waals surface area contributed by atoms with Gasteiger partial charge in [0.25, 0.3) is 0 Å². The third-order valence-corrected chi connectivity index (χ3v) is 8.42. The smallest absolute Gasteiger partial charge is 0.303 e. The number of ether oxygens (including phenoxy) is 1. The van der Waals surface area contributed by atoms with Gasteiger partial charge in [-0.3, -0.25) is 14.4 Å². The standard InChI is InChI=1S/C24H31FO4/c1-13-9-18-16-11-20(25)19-10-15(27)5-7-23(19,3)17(16)6-8-24(18,4)22(13)21(28)12-29-14(2)26/h6,10,13,16,18,20,22H,5,7-9,11-12H2,1-4H3/t13-,16-,18+,20+,22-,23-,24+/m1/s1. The summed E-state index contributed by atoms with van der Waals surface area (Å²) in [6, 6.07) is 0. The topological polar surface area (TPSA) is 60.4 Å². The van der Waals surface area contributed by atoms with Gasteiger partial charge in [-0.2, -0.15) is 0 Å². The maximum atomic E-state index is 15.3. The van der Waals surface area contributed by atoms with E-state index in [1.807, 2.05) is 0 Å². The predicted octanol–water partition coefficient (Wildman–Crippen LogP) is 4.38. The number of alkyl halides is 1. The van der Waals surface area contributed by atoms with Crippen molar-refractivity contribution >= 4 is 17.5 Å². The fourth-order valence-electron chi connectivity index (χ4n) is 7.18. The molecule has 0 heterocycles. The predicted molar refractivity (Wildman–Crippen MR) is 107 cm³/mol. The maximum absolute atomic E-state index is 15.3. The lowest BCUT2D eigenvalue weighted by atomic mass is 9.50. The van der Waals surface area contributed by atoms with E-state index in [4.69, 9.17) is 4.74 Å². The van der Waals surface area contributed by atoms with Crippen LogP contribution in [0.2, 0.25) is 0 Å². The van der Waals surface area contributed by atoms with Crippen molar-refractivity contribution in [2.75, 3.05) is 6.61 Å². The monoisotopic (exact) mass is 402 g/mol. The molecule has 4 rings (SSSR count). The highest BCUT2D eigenvalue weighted by Gasteiger charge is 2.60. The van der Waals surface area contributed by atoms with Crippen LogP contribution >= 0.6 is 0 Å². The number of allylic oxidation sites excluding steroid dienone is 4. The molecule has 0 spiro atoms. The molecule has 0 N–H and O–H groups in total. The Balaban J connectivity index is 1.68. The number of Topliss-reactive ketones (excluding diaryl/α,β-unsaturated/α-hetero) is 1. The van der Waals surface area contributed by atoms with Gasteiger partial charge in [-0.15, -0.1) is 0 Å². The van der Waals surface area contributed by atoms with Gasteiger partial charge < -0.3 is 4.74 Å². The highest BCUT2D eigenvalue weighted by Crippen LogP contribution is 2.66. The largest absolute Gasteiger partial charge is 0.458 e. The molecule has 2 saturated carbocycles. The normalized spacial score (nSPS) is 43.5. The first-order chi connectivity index (χ1) is 13.6. The van der Waals surface area contributed by atoms with Crippen molar-refractivity contribution in [3.63, 3.8) is 0 Å². The molecule has 4 aliphatic carbocycles. The zero-order valence-electron chi connectivity index (χ0n) is 17.8. The molecule has 0 aromatic rings. The molecule has 0 aromatic heterocycles. The summed E-state index contributed by atoms with van der Waals surface area (Å²) in [6.07, 6.45) is 5.92. The van der Waals surface area contributed by atoms with E-state index in [1.165, 1.54) is 12.5 Å². The minimum atomic E-state index is -1.10. The highest BCUT2D eigenvalue weighted by atomic mass is 19.1. The Labute approximate surface area is 171 Å². The Hall–Kier alpha value is -1.78. The van der Waals surface area contributed by atoms with Crippen LogP contribution in [-0.2, 0) is 19.1 Å². The van der Waals surface area contributed by atoms with Crippen molar-refractivity contribution < 1.29 is 23.5 Å². The summed E-state index contributed by atoms with van der Waals surface area (Å²) >= 11 is 0. The van der Waals surface area contributed by atoms with Crippen LogP contribution in [0, 0.1) is 34.5 Å². The molecule has 7 atom stereocenters. The number of rotatable bonds is 3. The van der Waals surface area contributed by atoms with Crippen LogP contribution in [0.15, 0.2) is 23.3 Å². The molecule has 0 saturated heterocycles. The number of carbonyl (C=O) groups excluding carboxylic acids is 3. The summed E-state index contributed by atoms with van der Waals surface area (Å²) in [4.78, 5) is 36.1. The fraction of sp³-hybridized carbons (Fsp3) is 0.708. The van der Waals surface area contributed by atoms with Crippen molar-refractivity contribution in [1.29, 1.82) is 0 Å². The number of hydrogen-bond acceptors (Lipinski definition) is 4. The van der Waals surface area contributed by atoms with Gasteiger partial charge in [-0.05, 0) is 60.5 Å². The summed E-state index contributed by atoms with van der Waals surface area (Å²) in [5.41, 5.74) is 1.33. The van der Waals surface area contributed by atoms with Crippen molar-refractivity contribution in [3.8, 4) is 0 Å². The molecule has 0 radical (unpaired) electrons. The Morgan fingerprint density at radius 2 is 1.97 bits per heavy atom. The zero-order valence-corrected chi connectivity index (χ0v) is 17.8. The minimum absolute atomic E-state index is 0.0165. The highest BCUT2D eigenvalue weighted by molar-refractivity contribution is 5.92. The average Bonchev–Trinajstić information content (AvgIpc) is 2.92. The van der Waals surface area contributed by atoms with Crippen LogP contribution in [0.25, 0.3) is 0 Å². The van der Waals surface area contributed by atoms with Gasteiger partial charge in [0, 0.05) is 24.7 Å². The molecular weight excluding hydrogens is 371 g/mol. The molecule has 2 fully saturated rings. The summed E-state index contributed by atoms with van der Waals surface area (Å²) < 4.78 is 20.3. The second-order valence-corrected chi connectivity index (χ2v) is 10.1. The van der Waals surface area contributed by atoms with Crippen LogP contribution in [0.4, 0.5) is 4.39 Å². The van der Waals surface area contributed by atoms with E-state index >= 15 is 4.39 Å². The van der Waals surface area contributed by atoms with Gasteiger partial charge in [0.1, 0.15) is 12.8 Å². The second kappa shape index (κ2) is 6.88. The van der Waals surface area contributed by atoms with E-state index in [2.05, 4.69) is 26.8 Å². The summed E-state index contributed by atoms with van der Waals surface area (Å²) in [5.74, 6) is -0.0890. The summed E-state index contributed by atoms with van der Waals surface area (Å²) in [5, 5.41) is 0. The quantitative estimate of drug-likeness (QED) is 0.519.